The molecule has 0 amide bonds. The second kappa shape index (κ2) is 4.68. The number of hydrogen-bond acceptors (Lipinski definition) is 2. The predicted octanol–water partition coefficient (Wildman–Crippen LogP) is 5.80. The van der Waals surface area contributed by atoms with E-state index in [-0.39, 0.29) is 0 Å². The fourth-order valence-electron chi connectivity index (χ4n) is 3.17. The number of benzene rings is 3. The number of nitrogens with zero attached hydrogens (tertiary/aromatic N) is 1. The summed E-state index contributed by atoms with van der Waals surface area (Å²) in [5.41, 5.74) is 5.14. The van der Waals surface area contributed by atoms with E-state index in [9.17, 15) is 0 Å². The van der Waals surface area contributed by atoms with Crippen LogP contribution in [0.2, 0.25) is 0 Å². The Labute approximate surface area is 133 Å². The summed E-state index contributed by atoms with van der Waals surface area (Å²) in [4.78, 5) is 4.61. The Morgan fingerprint density at radius 2 is 1.48 bits per heavy atom. The van der Waals surface area contributed by atoms with Crippen LogP contribution in [0.3, 0.4) is 0 Å². The average molecular weight is 295 g/mol. The Hall–Kier alpha value is -3.13. The summed E-state index contributed by atoms with van der Waals surface area (Å²) in [7, 11) is 0. The van der Waals surface area contributed by atoms with Crippen molar-refractivity contribution in [3.05, 3.63) is 79.0 Å². The van der Waals surface area contributed by atoms with Crippen LogP contribution in [0.25, 0.3) is 44.0 Å². The highest BCUT2D eigenvalue weighted by atomic mass is 16.3. The van der Waals surface area contributed by atoms with E-state index in [1.165, 1.54) is 11.1 Å². The highest BCUT2D eigenvalue weighted by Crippen LogP contribution is 2.34. The summed E-state index contributed by atoms with van der Waals surface area (Å²) in [6.07, 6.45) is 1.91. The lowest BCUT2D eigenvalue weighted by Gasteiger charge is -2.04. The fourth-order valence-corrected chi connectivity index (χ4v) is 3.17. The molecule has 0 saturated carbocycles. The smallest absolute Gasteiger partial charge is 0.146 e. The Morgan fingerprint density at radius 3 is 2.39 bits per heavy atom. The van der Waals surface area contributed by atoms with Gasteiger partial charge in [-0.25, -0.2) is 0 Å². The first-order valence-electron chi connectivity index (χ1n) is 7.65. The first kappa shape index (κ1) is 12.4. The van der Waals surface area contributed by atoms with E-state index in [4.69, 9.17) is 4.42 Å². The highest BCUT2D eigenvalue weighted by Gasteiger charge is 2.11. The van der Waals surface area contributed by atoms with E-state index in [1.54, 1.807) is 0 Å². The Morgan fingerprint density at radius 1 is 0.652 bits per heavy atom. The number of pyridine rings is 1. The first-order chi connectivity index (χ1) is 11.4. The topological polar surface area (TPSA) is 26.0 Å². The number of rotatable bonds is 1. The van der Waals surface area contributed by atoms with Gasteiger partial charge in [-0.2, -0.15) is 0 Å². The average Bonchev–Trinajstić information content (AvgIpc) is 3.01. The third-order valence-corrected chi connectivity index (χ3v) is 4.31. The maximum absolute atomic E-state index is 6.12. The molecule has 0 aliphatic heterocycles. The minimum Gasteiger partial charge on any atom is -0.455 e. The van der Waals surface area contributed by atoms with Gasteiger partial charge in [-0.05, 0) is 29.3 Å². The third kappa shape index (κ3) is 1.85. The van der Waals surface area contributed by atoms with Gasteiger partial charge in [0.1, 0.15) is 11.2 Å². The molecule has 2 nitrogen and oxygen atoms in total. The van der Waals surface area contributed by atoms with Gasteiger partial charge in [-0.1, -0.05) is 54.6 Å². The van der Waals surface area contributed by atoms with Crippen molar-refractivity contribution in [3.8, 4) is 11.1 Å². The Bertz CT molecular complexity index is 1160. The number of para-hydroxylation sites is 1. The fraction of sp³-hybridized carbons (Fsp3) is 0. The molecule has 0 bridgehead atoms. The minimum absolute atomic E-state index is 0.905. The van der Waals surface area contributed by atoms with Crippen LogP contribution in [0.15, 0.2) is 83.4 Å². The highest BCUT2D eigenvalue weighted by molar-refractivity contribution is 6.14. The van der Waals surface area contributed by atoms with Crippen LogP contribution < -0.4 is 0 Å². The third-order valence-electron chi connectivity index (χ3n) is 4.31. The van der Waals surface area contributed by atoms with Gasteiger partial charge in [-0.3, -0.25) is 4.98 Å². The maximum atomic E-state index is 6.12. The van der Waals surface area contributed by atoms with Gasteiger partial charge in [0, 0.05) is 22.4 Å². The van der Waals surface area contributed by atoms with Gasteiger partial charge < -0.3 is 4.42 Å². The van der Waals surface area contributed by atoms with E-state index < -0.39 is 0 Å². The molecule has 5 rings (SSSR count). The second-order valence-corrected chi connectivity index (χ2v) is 5.70. The largest absolute Gasteiger partial charge is 0.455 e. The van der Waals surface area contributed by atoms with E-state index >= 15 is 0 Å². The molecule has 3 aromatic carbocycles. The molecule has 2 heterocycles. The summed E-state index contributed by atoms with van der Waals surface area (Å²) in [5.74, 6) is 0. The van der Waals surface area contributed by atoms with Crippen LogP contribution in [0, 0.1) is 0 Å². The molecule has 0 fully saturated rings. The van der Waals surface area contributed by atoms with Crippen LogP contribution in [0.5, 0.6) is 0 Å². The maximum Gasteiger partial charge on any atom is 0.146 e. The lowest BCUT2D eigenvalue weighted by Crippen LogP contribution is -1.82. The van der Waals surface area contributed by atoms with Gasteiger partial charge in [0.2, 0.25) is 0 Å². The SMILES string of the molecule is c1ccc(-c2ccc3ncc4c5ccccc5oc4c3c2)cc1. The molecule has 0 unspecified atom stereocenters. The van der Waals surface area contributed by atoms with Gasteiger partial charge in [0.15, 0.2) is 0 Å². The molecule has 108 valence electrons. The standard InChI is InChI=1S/C21H13NO/c1-2-6-14(7-3-1)15-10-11-19-17(12-15)21-18(13-22-19)16-8-4-5-9-20(16)23-21/h1-13H. The molecular formula is C21H13NO. The molecule has 0 spiro atoms. The molecule has 5 aromatic rings. The lowest BCUT2D eigenvalue weighted by atomic mass is 10.0. The van der Waals surface area contributed by atoms with Crippen LogP contribution in [-0.4, -0.2) is 4.98 Å². The van der Waals surface area contributed by atoms with E-state index in [2.05, 4.69) is 53.5 Å². The van der Waals surface area contributed by atoms with Crippen molar-refractivity contribution in [2.45, 2.75) is 0 Å². The zero-order valence-electron chi connectivity index (χ0n) is 12.4. The van der Waals surface area contributed by atoms with Crippen LogP contribution >= 0.6 is 0 Å². The monoisotopic (exact) mass is 295 g/mol. The molecule has 2 aromatic heterocycles. The second-order valence-electron chi connectivity index (χ2n) is 5.70. The van der Waals surface area contributed by atoms with Gasteiger partial charge in [-0.15, -0.1) is 0 Å². The van der Waals surface area contributed by atoms with Gasteiger partial charge >= 0.3 is 0 Å². The molecule has 0 aliphatic carbocycles. The van der Waals surface area contributed by atoms with Crippen molar-refractivity contribution in [1.82, 2.24) is 4.98 Å². The number of furan rings is 1. The quantitative estimate of drug-likeness (QED) is 0.390. The zero-order valence-corrected chi connectivity index (χ0v) is 12.4. The summed E-state index contributed by atoms with van der Waals surface area (Å²) >= 11 is 0. The molecular weight excluding hydrogens is 282 g/mol. The van der Waals surface area contributed by atoms with Crippen molar-refractivity contribution in [2.24, 2.45) is 0 Å². The lowest BCUT2D eigenvalue weighted by molar-refractivity contribution is 0.672. The first-order valence-corrected chi connectivity index (χ1v) is 7.65. The van der Waals surface area contributed by atoms with Crippen LogP contribution in [0.1, 0.15) is 0 Å². The Kier molecular flexibility index (Phi) is 2.53. The normalized spacial score (nSPS) is 11.5. The predicted molar refractivity (Wildman–Crippen MR) is 94.5 cm³/mol. The van der Waals surface area contributed by atoms with E-state index in [0.29, 0.717) is 0 Å². The van der Waals surface area contributed by atoms with Gasteiger partial charge in [0.05, 0.1) is 5.52 Å². The van der Waals surface area contributed by atoms with E-state index in [1.807, 2.05) is 30.5 Å². The van der Waals surface area contributed by atoms with Crippen molar-refractivity contribution in [1.29, 1.82) is 0 Å². The number of aromatic nitrogens is 1. The number of hydrogen-bond donors (Lipinski definition) is 0. The van der Waals surface area contributed by atoms with Crippen LogP contribution in [0.4, 0.5) is 0 Å². The molecule has 0 saturated heterocycles. The molecule has 0 radical (unpaired) electrons. The van der Waals surface area contributed by atoms with Crippen molar-refractivity contribution >= 4 is 32.8 Å². The summed E-state index contributed by atoms with van der Waals surface area (Å²) in [5, 5.41) is 3.24. The van der Waals surface area contributed by atoms with Crippen LogP contribution in [-0.2, 0) is 0 Å². The zero-order chi connectivity index (χ0) is 15.2. The molecule has 23 heavy (non-hydrogen) atoms. The minimum atomic E-state index is 0.905. The summed E-state index contributed by atoms with van der Waals surface area (Å²) < 4.78 is 6.12. The molecule has 0 N–H and O–H groups in total. The summed E-state index contributed by atoms with van der Waals surface area (Å²) in [6.45, 7) is 0. The molecule has 2 heteroatoms. The van der Waals surface area contributed by atoms with E-state index in [0.717, 1.165) is 32.8 Å². The molecule has 0 atom stereocenters. The number of fused-ring (bicyclic) bond motifs is 5. The van der Waals surface area contributed by atoms with Crippen molar-refractivity contribution < 1.29 is 4.42 Å². The Balaban J connectivity index is 1.88. The summed E-state index contributed by atoms with van der Waals surface area (Å²) in [6, 6.07) is 24.8. The molecule has 0 aliphatic rings. The van der Waals surface area contributed by atoms with Gasteiger partial charge in [0.25, 0.3) is 0 Å². The van der Waals surface area contributed by atoms with Crippen molar-refractivity contribution in [3.63, 3.8) is 0 Å². The van der Waals surface area contributed by atoms with Crippen molar-refractivity contribution in [2.75, 3.05) is 0 Å².